The molecule has 0 heterocycles. The molecule has 1 aliphatic rings. The average molecular weight is 242 g/mol. The molecule has 1 nitrogen and oxygen atoms in total. The van der Waals surface area contributed by atoms with Crippen LogP contribution in [0.3, 0.4) is 0 Å². The normalized spacial score (nSPS) is 16.4. The molecule has 0 N–H and O–H groups in total. The van der Waals surface area contributed by atoms with E-state index in [0.717, 1.165) is 12.1 Å². The van der Waals surface area contributed by atoms with Gasteiger partial charge in [-0.1, -0.05) is 24.6 Å². The lowest BCUT2D eigenvalue weighted by molar-refractivity contribution is 0.126. The maximum Gasteiger partial charge on any atom is 0.127 e. The minimum Gasteiger partial charge on any atom is -0.295 e. The van der Waals surface area contributed by atoms with Gasteiger partial charge >= 0.3 is 0 Å². The van der Waals surface area contributed by atoms with Crippen LogP contribution >= 0.6 is 11.6 Å². The van der Waals surface area contributed by atoms with Gasteiger partial charge in [-0.15, -0.1) is 11.6 Å². The zero-order chi connectivity index (χ0) is 11.4. The molecule has 16 heavy (non-hydrogen) atoms. The Kier molecular flexibility index (Phi) is 4.19. The van der Waals surface area contributed by atoms with Crippen LogP contribution in [0.4, 0.5) is 4.39 Å². The largest absolute Gasteiger partial charge is 0.295 e. The van der Waals surface area contributed by atoms with Gasteiger partial charge in [-0.25, -0.2) is 4.39 Å². The lowest BCUT2D eigenvalue weighted by atomic mass is 9.91. The average Bonchev–Trinajstić information content (AvgIpc) is 2.19. The summed E-state index contributed by atoms with van der Waals surface area (Å²) in [4.78, 5) is 2.30. The summed E-state index contributed by atoms with van der Waals surface area (Å²) in [5.74, 6) is 0.506. The third-order valence-corrected chi connectivity index (χ3v) is 3.46. The first-order chi connectivity index (χ1) is 7.81. The number of hydrogen-bond donors (Lipinski definition) is 0. The molecule has 0 radical (unpaired) electrons. The molecule has 0 atom stereocenters. The van der Waals surface area contributed by atoms with E-state index in [1.54, 1.807) is 6.07 Å². The Labute approximate surface area is 101 Å². The van der Waals surface area contributed by atoms with Gasteiger partial charge in [0.1, 0.15) is 5.82 Å². The third-order valence-electron chi connectivity index (χ3n) is 3.29. The van der Waals surface area contributed by atoms with E-state index < -0.39 is 0 Å². The summed E-state index contributed by atoms with van der Waals surface area (Å²) in [6, 6.07) is 7.61. The molecule has 0 aromatic heterocycles. The standard InChI is InChI=1S/C13H17ClFN/c14-8-9-16(12-5-3-6-12)10-11-4-1-2-7-13(11)15/h1-2,4,7,12H,3,5-6,8-10H2. The molecule has 3 heteroatoms. The molecular weight excluding hydrogens is 225 g/mol. The van der Waals surface area contributed by atoms with Gasteiger partial charge in [-0.3, -0.25) is 4.90 Å². The molecule has 1 aliphatic carbocycles. The summed E-state index contributed by atoms with van der Waals surface area (Å²) in [5.41, 5.74) is 0.777. The van der Waals surface area contributed by atoms with Gasteiger partial charge < -0.3 is 0 Å². The van der Waals surface area contributed by atoms with E-state index >= 15 is 0 Å². The van der Waals surface area contributed by atoms with Gasteiger partial charge in [-0.05, 0) is 18.9 Å². The van der Waals surface area contributed by atoms with Gasteiger partial charge in [0.15, 0.2) is 0 Å². The fourth-order valence-corrected chi connectivity index (χ4v) is 2.31. The van der Waals surface area contributed by atoms with Gasteiger partial charge in [0.2, 0.25) is 0 Å². The molecule has 0 aliphatic heterocycles. The van der Waals surface area contributed by atoms with E-state index in [1.165, 1.54) is 25.3 Å². The van der Waals surface area contributed by atoms with Crippen molar-refractivity contribution < 1.29 is 4.39 Å². The van der Waals surface area contributed by atoms with Crippen LogP contribution < -0.4 is 0 Å². The van der Waals surface area contributed by atoms with Crippen molar-refractivity contribution in [1.29, 1.82) is 0 Å². The monoisotopic (exact) mass is 241 g/mol. The molecule has 0 unspecified atom stereocenters. The number of alkyl halides is 1. The first-order valence-electron chi connectivity index (χ1n) is 5.84. The molecular formula is C13H17ClFN. The summed E-state index contributed by atoms with van der Waals surface area (Å²) < 4.78 is 13.5. The highest BCUT2D eigenvalue weighted by molar-refractivity contribution is 6.18. The van der Waals surface area contributed by atoms with Crippen LogP contribution in [0.25, 0.3) is 0 Å². The maximum atomic E-state index is 13.5. The first-order valence-corrected chi connectivity index (χ1v) is 6.38. The number of halogens is 2. The van der Waals surface area contributed by atoms with Crippen molar-refractivity contribution in [3.63, 3.8) is 0 Å². The predicted molar refractivity (Wildman–Crippen MR) is 65.2 cm³/mol. The minimum atomic E-state index is -0.110. The minimum absolute atomic E-state index is 0.110. The van der Waals surface area contributed by atoms with Gasteiger partial charge in [0.25, 0.3) is 0 Å². The zero-order valence-corrected chi connectivity index (χ0v) is 10.1. The van der Waals surface area contributed by atoms with E-state index in [2.05, 4.69) is 4.90 Å². The first kappa shape index (κ1) is 11.9. The van der Waals surface area contributed by atoms with Crippen LogP contribution in [0.15, 0.2) is 24.3 Å². The number of hydrogen-bond acceptors (Lipinski definition) is 1. The Morgan fingerprint density at radius 1 is 1.31 bits per heavy atom. The van der Waals surface area contributed by atoms with E-state index in [0.29, 0.717) is 18.5 Å². The van der Waals surface area contributed by atoms with Crippen molar-refractivity contribution in [1.82, 2.24) is 4.90 Å². The molecule has 1 aromatic rings. The van der Waals surface area contributed by atoms with Gasteiger partial charge in [0, 0.05) is 30.6 Å². The Morgan fingerprint density at radius 2 is 2.06 bits per heavy atom. The quantitative estimate of drug-likeness (QED) is 0.714. The Bertz CT molecular complexity index is 338. The van der Waals surface area contributed by atoms with Gasteiger partial charge in [0.05, 0.1) is 0 Å². The molecule has 1 saturated carbocycles. The van der Waals surface area contributed by atoms with E-state index in [9.17, 15) is 4.39 Å². The summed E-state index contributed by atoms with van der Waals surface area (Å²) in [6.45, 7) is 1.53. The van der Waals surface area contributed by atoms with Crippen molar-refractivity contribution in [2.75, 3.05) is 12.4 Å². The highest BCUT2D eigenvalue weighted by atomic mass is 35.5. The van der Waals surface area contributed by atoms with Crippen LogP contribution in [-0.2, 0) is 6.54 Å². The molecule has 0 bridgehead atoms. The molecule has 88 valence electrons. The lowest BCUT2D eigenvalue weighted by Crippen LogP contribution is -2.40. The van der Waals surface area contributed by atoms with E-state index in [1.807, 2.05) is 12.1 Å². The lowest BCUT2D eigenvalue weighted by Gasteiger charge is -2.37. The second-order valence-corrected chi connectivity index (χ2v) is 4.71. The molecule has 2 rings (SSSR count). The van der Waals surface area contributed by atoms with Crippen molar-refractivity contribution in [3.8, 4) is 0 Å². The van der Waals surface area contributed by atoms with E-state index in [-0.39, 0.29) is 5.82 Å². The summed E-state index contributed by atoms with van der Waals surface area (Å²) in [7, 11) is 0. The summed E-state index contributed by atoms with van der Waals surface area (Å²) in [6.07, 6.45) is 3.75. The molecule has 1 fully saturated rings. The Hall–Kier alpha value is -0.600. The van der Waals surface area contributed by atoms with Crippen LogP contribution in [0, 0.1) is 5.82 Å². The van der Waals surface area contributed by atoms with Crippen molar-refractivity contribution >= 4 is 11.6 Å². The van der Waals surface area contributed by atoms with Gasteiger partial charge in [-0.2, -0.15) is 0 Å². The number of nitrogens with zero attached hydrogens (tertiary/aromatic N) is 1. The fraction of sp³-hybridized carbons (Fsp3) is 0.538. The van der Waals surface area contributed by atoms with Crippen molar-refractivity contribution in [2.45, 2.75) is 31.8 Å². The second-order valence-electron chi connectivity index (χ2n) is 4.34. The smallest absolute Gasteiger partial charge is 0.127 e. The van der Waals surface area contributed by atoms with Crippen LogP contribution in [-0.4, -0.2) is 23.4 Å². The third kappa shape index (κ3) is 2.74. The Balaban J connectivity index is 2.01. The predicted octanol–water partition coefficient (Wildman–Crippen LogP) is 3.42. The highest BCUT2D eigenvalue weighted by Crippen LogP contribution is 2.26. The molecule has 0 amide bonds. The fourth-order valence-electron chi connectivity index (χ4n) is 2.10. The van der Waals surface area contributed by atoms with Crippen LogP contribution in [0.2, 0.25) is 0 Å². The summed E-state index contributed by atoms with van der Waals surface area (Å²) in [5, 5.41) is 0. The topological polar surface area (TPSA) is 3.24 Å². The molecule has 0 saturated heterocycles. The highest BCUT2D eigenvalue weighted by Gasteiger charge is 2.24. The number of rotatable bonds is 5. The zero-order valence-electron chi connectivity index (χ0n) is 9.33. The van der Waals surface area contributed by atoms with Crippen molar-refractivity contribution in [3.05, 3.63) is 35.6 Å². The number of benzene rings is 1. The maximum absolute atomic E-state index is 13.5. The van der Waals surface area contributed by atoms with Crippen LogP contribution in [0.5, 0.6) is 0 Å². The molecule has 1 aromatic carbocycles. The Morgan fingerprint density at radius 3 is 2.62 bits per heavy atom. The van der Waals surface area contributed by atoms with E-state index in [4.69, 9.17) is 11.6 Å². The summed E-state index contributed by atoms with van der Waals surface area (Å²) >= 11 is 5.79. The molecule has 0 spiro atoms. The van der Waals surface area contributed by atoms with Crippen molar-refractivity contribution in [2.24, 2.45) is 0 Å². The second kappa shape index (κ2) is 5.65. The van der Waals surface area contributed by atoms with Crippen LogP contribution in [0.1, 0.15) is 24.8 Å². The SMILES string of the molecule is Fc1ccccc1CN(CCCl)C1CCC1.